The van der Waals surface area contributed by atoms with Crippen molar-refractivity contribution in [2.24, 2.45) is 0 Å². The van der Waals surface area contributed by atoms with Gasteiger partial charge in [0.25, 0.3) is 0 Å². The Balaban J connectivity index is 4.21. The summed E-state index contributed by atoms with van der Waals surface area (Å²) in [5.41, 5.74) is -1.21. The highest BCUT2D eigenvalue weighted by atomic mass is 16.6. The quantitative estimate of drug-likeness (QED) is 0.516. The molecule has 0 aliphatic carbocycles. The van der Waals surface area contributed by atoms with E-state index in [2.05, 4.69) is 0 Å². The van der Waals surface area contributed by atoms with Crippen molar-refractivity contribution in [3.05, 3.63) is 12.2 Å². The van der Waals surface area contributed by atoms with Gasteiger partial charge in [-0.15, -0.1) is 0 Å². The normalized spacial score (nSPS) is 11.5. The SMILES string of the molecule is CC=CCC(=O)OC(C)(C)C(=O)OCCC. The molecule has 0 aliphatic heterocycles. The molecule has 0 saturated carbocycles. The van der Waals surface area contributed by atoms with Gasteiger partial charge in [-0.05, 0) is 27.2 Å². The second-order valence-corrected chi connectivity index (χ2v) is 3.89. The highest BCUT2D eigenvalue weighted by molar-refractivity contribution is 5.83. The number of hydrogen-bond donors (Lipinski definition) is 0. The Morgan fingerprint density at radius 1 is 1.31 bits per heavy atom. The molecule has 0 N–H and O–H groups in total. The molecule has 0 atom stereocenters. The lowest BCUT2D eigenvalue weighted by atomic mass is 10.1. The van der Waals surface area contributed by atoms with Crippen LogP contribution < -0.4 is 0 Å². The molecule has 0 bridgehead atoms. The van der Waals surface area contributed by atoms with Gasteiger partial charge in [0.15, 0.2) is 0 Å². The van der Waals surface area contributed by atoms with E-state index in [-0.39, 0.29) is 6.42 Å². The number of carbonyl (C=O) groups excluding carboxylic acids is 2. The summed E-state index contributed by atoms with van der Waals surface area (Å²) < 4.78 is 9.96. The number of ether oxygens (including phenoxy) is 2. The fraction of sp³-hybridized carbons (Fsp3) is 0.667. The maximum Gasteiger partial charge on any atom is 0.350 e. The Hall–Kier alpha value is -1.32. The van der Waals surface area contributed by atoms with E-state index in [1.54, 1.807) is 12.2 Å². The summed E-state index contributed by atoms with van der Waals surface area (Å²) in [6, 6.07) is 0. The summed E-state index contributed by atoms with van der Waals surface area (Å²) in [5.74, 6) is -0.945. The summed E-state index contributed by atoms with van der Waals surface area (Å²) >= 11 is 0. The third-order valence-corrected chi connectivity index (χ3v) is 1.82. The molecule has 0 aromatic rings. The van der Waals surface area contributed by atoms with E-state index in [0.29, 0.717) is 6.61 Å². The van der Waals surface area contributed by atoms with Crippen LogP contribution >= 0.6 is 0 Å². The second-order valence-electron chi connectivity index (χ2n) is 3.89. The maximum atomic E-state index is 11.5. The van der Waals surface area contributed by atoms with Gasteiger partial charge in [-0.1, -0.05) is 19.1 Å². The van der Waals surface area contributed by atoms with Gasteiger partial charge < -0.3 is 9.47 Å². The zero-order chi connectivity index (χ0) is 12.6. The van der Waals surface area contributed by atoms with Gasteiger partial charge in [-0.25, -0.2) is 4.79 Å². The first kappa shape index (κ1) is 14.7. The summed E-state index contributed by atoms with van der Waals surface area (Å²) in [6.07, 6.45) is 4.34. The van der Waals surface area contributed by atoms with Crippen LogP contribution in [0.25, 0.3) is 0 Å². The Morgan fingerprint density at radius 3 is 2.44 bits per heavy atom. The molecule has 4 heteroatoms. The molecule has 0 rings (SSSR count). The minimum atomic E-state index is -1.21. The molecule has 0 spiro atoms. The maximum absolute atomic E-state index is 11.5. The van der Waals surface area contributed by atoms with E-state index in [1.807, 2.05) is 13.8 Å². The third-order valence-electron chi connectivity index (χ3n) is 1.82. The van der Waals surface area contributed by atoms with Crippen LogP contribution in [0.3, 0.4) is 0 Å². The van der Waals surface area contributed by atoms with Crippen molar-refractivity contribution in [2.75, 3.05) is 6.61 Å². The Labute approximate surface area is 96.6 Å². The van der Waals surface area contributed by atoms with Gasteiger partial charge in [0.05, 0.1) is 13.0 Å². The largest absolute Gasteiger partial charge is 0.463 e. The smallest absolute Gasteiger partial charge is 0.350 e. The average molecular weight is 228 g/mol. The van der Waals surface area contributed by atoms with Gasteiger partial charge in [-0.3, -0.25) is 4.79 Å². The fourth-order valence-corrected chi connectivity index (χ4v) is 0.951. The van der Waals surface area contributed by atoms with Crippen LogP contribution in [-0.2, 0) is 19.1 Å². The van der Waals surface area contributed by atoms with Crippen molar-refractivity contribution in [1.82, 2.24) is 0 Å². The minimum Gasteiger partial charge on any atom is -0.463 e. The van der Waals surface area contributed by atoms with Crippen molar-refractivity contribution in [1.29, 1.82) is 0 Å². The lowest BCUT2D eigenvalue weighted by molar-refractivity contribution is -0.178. The number of allylic oxidation sites excluding steroid dienone is 1. The molecule has 0 radical (unpaired) electrons. The number of carbonyl (C=O) groups is 2. The molecule has 0 fully saturated rings. The predicted octanol–water partition coefficient (Wildman–Crippen LogP) is 2.23. The standard InChI is InChI=1S/C12H20O4/c1-5-7-8-10(13)16-12(3,4)11(14)15-9-6-2/h5,7H,6,8-9H2,1-4H3. The van der Waals surface area contributed by atoms with Crippen LogP contribution in [0.1, 0.15) is 40.5 Å². The van der Waals surface area contributed by atoms with Crippen LogP contribution in [-0.4, -0.2) is 24.1 Å². The lowest BCUT2D eigenvalue weighted by Crippen LogP contribution is -2.38. The van der Waals surface area contributed by atoms with Crippen molar-refractivity contribution in [2.45, 2.75) is 46.1 Å². The first-order chi connectivity index (χ1) is 7.44. The molecular formula is C12H20O4. The van der Waals surface area contributed by atoms with Crippen molar-refractivity contribution in [3.63, 3.8) is 0 Å². The Bertz CT molecular complexity index is 266. The molecule has 4 nitrogen and oxygen atoms in total. The molecule has 92 valence electrons. The molecule has 16 heavy (non-hydrogen) atoms. The van der Waals surface area contributed by atoms with Crippen LogP contribution in [0.2, 0.25) is 0 Å². The number of rotatable bonds is 6. The topological polar surface area (TPSA) is 52.6 Å². The summed E-state index contributed by atoms with van der Waals surface area (Å²) in [5, 5.41) is 0. The first-order valence-corrected chi connectivity index (χ1v) is 5.44. The Kier molecular flexibility index (Phi) is 6.46. The van der Waals surface area contributed by atoms with Crippen molar-refractivity contribution >= 4 is 11.9 Å². The summed E-state index contributed by atoms with van der Waals surface area (Å²) in [6.45, 7) is 7.11. The fourth-order valence-electron chi connectivity index (χ4n) is 0.951. The zero-order valence-corrected chi connectivity index (χ0v) is 10.4. The van der Waals surface area contributed by atoms with E-state index >= 15 is 0 Å². The molecule has 0 saturated heterocycles. The zero-order valence-electron chi connectivity index (χ0n) is 10.4. The molecule has 0 aromatic heterocycles. The molecule has 0 aromatic carbocycles. The van der Waals surface area contributed by atoms with Crippen molar-refractivity contribution < 1.29 is 19.1 Å². The van der Waals surface area contributed by atoms with Crippen LogP contribution in [0.4, 0.5) is 0 Å². The summed E-state index contributed by atoms with van der Waals surface area (Å²) in [7, 11) is 0. The van der Waals surface area contributed by atoms with Gasteiger partial charge in [-0.2, -0.15) is 0 Å². The highest BCUT2D eigenvalue weighted by Crippen LogP contribution is 2.13. The van der Waals surface area contributed by atoms with Gasteiger partial charge in [0.2, 0.25) is 5.60 Å². The molecular weight excluding hydrogens is 208 g/mol. The monoisotopic (exact) mass is 228 g/mol. The van der Waals surface area contributed by atoms with Crippen LogP contribution in [0.5, 0.6) is 0 Å². The second kappa shape index (κ2) is 7.04. The van der Waals surface area contributed by atoms with E-state index in [9.17, 15) is 9.59 Å². The van der Waals surface area contributed by atoms with Crippen LogP contribution in [0, 0.1) is 0 Å². The molecule has 0 amide bonds. The van der Waals surface area contributed by atoms with Crippen LogP contribution in [0.15, 0.2) is 12.2 Å². The Morgan fingerprint density at radius 2 is 1.94 bits per heavy atom. The van der Waals surface area contributed by atoms with E-state index in [0.717, 1.165) is 6.42 Å². The molecule has 0 aliphatic rings. The first-order valence-electron chi connectivity index (χ1n) is 5.44. The van der Waals surface area contributed by atoms with E-state index in [4.69, 9.17) is 9.47 Å². The number of esters is 2. The van der Waals surface area contributed by atoms with E-state index in [1.165, 1.54) is 13.8 Å². The molecule has 0 heterocycles. The average Bonchev–Trinajstić information content (AvgIpc) is 2.22. The van der Waals surface area contributed by atoms with Crippen molar-refractivity contribution in [3.8, 4) is 0 Å². The van der Waals surface area contributed by atoms with Gasteiger partial charge in [0.1, 0.15) is 0 Å². The lowest BCUT2D eigenvalue weighted by Gasteiger charge is -2.22. The third kappa shape index (κ3) is 5.53. The summed E-state index contributed by atoms with van der Waals surface area (Å²) in [4.78, 5) is 22.8. The highest BCUT2D eigenvalue weighted by Gasteiger charge is 2.33. The van der Waals surface area contributed by atoms with E-state index < -0.39 is 17.5 Å². The van der Waals surface area contributed by atoms with Gasteiger partial charge in [0, 0.05) is 0 Å². The molecule has 0 unspecified atom stereocenters. The van der Waals surface area contributed by atoms with Gasteiger partial charge >= 0.3 is 11.9 Å². The predicted molar refractivity (Wildman–Crippen MR) is 60.9 cm³/mol. The number of hydrogen-bond acceptors (Lipinski definition) is 4. The minimum absolute atomic E-state index is 0.168.